The first-order valence-corrected chi connectivity index (χ1v) is 7.45. The van der Waals surface area contributed by atoms with Crippen molar-refractivity contribution in [1.82, 2.24) is 24.9 Å². The molecule has 2 aliphatic rings. The van der Waals surface area contributed by atoms with Gasteiger partial charge in [0.15, 0.2) is 0 Å². The van der Waals surface area contributed by atoms with Crippen LogP contribution in [0.4, 0.5) is 9.59 Å². The smallest absolute Gasteiger partial charge is 0.319 e. The molecule has 124 valence electrons. The fourth-order valence-electron chi connectivity index (χ4n) is 3.35. The standard InChI is InChI=1S/C14H25N5O3/c1-15-12(21)18-5-6-19(13(22)16(2)3)10-14(9-18)7-11(20)17(4)8-14/h5-10H2,1-4H3,(H,15,21)/t14-/m1/s1. The lowest BCUT2D eigenvalue weighted by atomic mass is 9.86. The first-order chi connectivity index (χ1) is 10.3. The van der Waals surface area contributed by atoms with Crippen molar-refractivity contribution in [3.8, 4) is 0 Å². The summed E-state index contributed by atoms with van der Waals surface area (Å²) in [7, 11) is 6.78. The van der Waals surface area contributed by atoms with E-state index in [2.05, 4.69) is 5.32 Å². The van der Waals surface area contributed by atoms with Crippen molar-refractivity contribution in [3.05, 3.63) is 0 Å². The van der Waals surface area contributed by atoms with Crippen LogP contribution in [0.15, 0.2) is 0 Å². The summed E-state index contributed by atoms with van der Waals surface area (Å²) in [5, 5.41) is 2.63. The molecule has 0 aliphatic carbocycles. The molecular weight excluding hydrogens is 286 g/mol. The van der Waals surface area contributed by atoms with Crippen LogP contribution >= 0.6 is 0 Å². The molecule has 22 heavy (non-hydrogen) atoms. The predicted octanol–water partition coefficient (Wildman–Crippen LogP) is -0.526. The molecule has 8 heteroatoms. The summed E-state index contributed by atoms with van der Waals surface area (Å²) in [6.45, 7) is 2.49. The Bertz CT molecular complexity index is 481. The second kappa shape index (κ2) is 6.02. The third kappa shape index (κ3) is 3.10. The van der Waals surface area contributed by atoms with E-state index in [1.807, 2.05) is 0 Å². The van der Waals surface area contributed by atoms with E-state index in [1.165, 1.54) is 4.90 Å². The number of likely N-dealkylation sites (tertiary alicyclic amines) is 1. The van der Waals surface area contributed by atoms with Gasteiger partial charge in [-0.15, -0.1) is 0 Å². The van der Waals surface area contributed by atoms with Gasteiger partial charge in [-0.25, -0.2) is 9.59 Å². The minimum atomic E-state index is -0.388. The summed E-state index contributed by atoms with van der Waals surface area (Å²) < 4.78 is 0. The van der Waals surface area contributed by atoms with Crippen LogP contribution in [0, 0.1) is 5.41 Å². The highest BCUT2D eigenvalue weighted by Crippen LogP contribution is 2.34. The maximum Gasteiger partial charge on any atom is 0.319 e. The summed E-state index contributed by atoms with van der Waals surface area (Å²) in [5.41, 5.74) is -0.388. The van der Waals surface area contributed by atoms with Crippen LogP contribution in [-0.4, -0.2) is 98.5 Å². The molecule has 0 aromatic carbocycles. The van der Waals surface area contributed by atoms with Crippen LogP contribution in [0.1, 0.15) is 6.42 Å². The van der Waals surface area contributed by atoms with E-state index in [-0.39, 0.29) is 23.4 Å². The van der Waals surface area contributed by atoms with E-state index in [0.29, 0.717) is 39.1 Å². The zero-order valence-electron chi connectivity index (χ0n) is 13.8. The van der Waals surface area contributed by atoms with Gasteiger partial charge >= 0.3 is 12.1 Å². The lowest BCUT2D eigenvalue weighted by Crippen LogP contribution is -2.48. The fourth-order valence-corrected chi connectivity index (χ4v) is 3.35. The highest BCUT2D eigenvalue weighted by Gasteiger charge is 2.47. The number of hydrogen-bond acceptors (Lipinski definition) is 3. The zero-order chi connectivity index (χ0) is 16.5. The van der Waals surface area contributed by atoms with Crippen molar-refractivity contribution in [2.75, 3.05) is 60.9 Å². The molecule has 0 saturated carbocycles. The monoisotopic (exact) mass is 311 g/mol. The van der Waals surface area contributed by atoms with Crippen LogP contribution in [0.3, 0.4) is 0 Å². The van der Waals surface area contributed by atoms with E-state index >= 15 is 0 Å². The van der Waals surface area contributed by atoms with Crippen LogP contribution in [-0.2, 0) is 4.79 Å². The second-order valence-electron chi connectivity index (χ2n) is 6.50. The highest BCUT2D eigenvalue weighted by atomic mass is 16.2. The normalized spacial score (nSPS) is 25.5. The third-order valence-corrected chi connectivity index (χ3v) is 4.37. The Morgan fingerprint density at radius 1 is 1.14 bits per heavy atom. The number of hydrogen-bond donors (Lipinski definition) is 1. The van der Waals surface area contributed by atoms with Gasteiger partial charge in [-0.3, -0.25) is 4.79 Å². The molecule has 2 saturated heterocycles. The Labute approximate surface area is 131 Å². The van der Waals surface area contributed by atoms with Gasteiger partial charge in [-0.1, -0.05) is 0 Å². The Morgan fingerprint density at radius 3 is 2.23 bits per heavy atom. The second-order valence-corrected chi connectivity index (χ2v) is 6.50. The Morgan fingerprint density at radius 2 is 1.73 bits per heavy atom. The van der Waals surface area contributed by atoms with E-state index < -0.39 is 0 Å². The molecule has 5 amide bonds. The van der Waals surface area contributed by atoms with Crippen molar-refractivity contribution in [3.63, 3.8) is 0 Å². The fraction of sp³-hybridized carbons (Fsp3) is 0.786. The molecule has 2 heterocycles. The summed E-state index contributed by atoms with van der Waals surface area (Å²) in [4.78, 5) is 43.0. The van der Waals surface area contributed by atoms with Crippen molar-refractivity contribution < 1.29 is 14.4 Å². The lowest BCUT2D eigenvalue weighted by molar-refractivity contribution is -0.126. The molecule has 0 aromatic rings. The van der Waals surface area contributed by atoms with Crippen LogP contribution < -0.4 is 5.32 Å². The summed E-state index contributed by atoms with van der Waals surface area (Å²) in [6.07, 6.45) is 0.369. The van der Waals surface area contributed by atoms with Crippen molar-refractivity contribution in [2.24, 2.45) is 5.41 Å². The number of nitrogens with zero attached hydrogens (tertiary/aromatic N) is 4. The van der Waals surface area contributed by atoms with Gasteiger partial charge in [0.1, 0.15) is 0 Å². The number of rotatable bonds is 0. The van der Waals surface area contributed by atoms with Crippen LogP contribution in [0.2, 0.25) is 0 Å². The molecule has 0 radical (unpaired) electrons. The van der Waals surface area contributed by atoms with Gasteiger partial charge in [0.05, 0.1) is 0 Å². The maximum atomic E-state index is 12.3. The molecule has 2 fully saturated rings. The van der Waals surface area contributed by atoms with Crippen LogP contribution in [0.5, 0.6) is 0 Å². The van der Waals surface area contributed by atoms with Crippen molar-refractivity contribution in [2.45, 2.75) is 6.42 Å². The topological polar surface area (TPSA) is 76.2 Å². The molecule has 1 N–H and O–H groups in total. The van der Waals surface area contributed by atoms with E-state index in [0.717, 1.165) is 0 Å². The molecule has 0 unspecified atom stereocenters. The van der Waals surface area contributed by atoms with Gasteiger partial charge in [0, 0.05) is 72.8 Å². The molecule has 2 rings (SSSR count). The first kappa shape index (κ1) is 16.4. The predicted molar refractivity (Wildman–Crippen MR) is 81.4 cm³/mol. The number of nitrogens with one attached hydrogen (secondary N) is 1. The molecule has 1 atom stereocenters. The first-order valence-electron chi connectivity index (χ1n) is 7.45. The van der Waals surface area contributed by atoms with E-state index in [1.54, 1.807) is 42.9 Å². The average molecular weight is 311 g/mol. The molecule has 0 bridgehead atoms. The Balaban J connectivity index is 2.26. The lowest BCUT2D eigenvalue weighted by Gasteiger charge is -2.33. The van der Waals surface area contributed by atoms with E-state index in [4.69, 9.17) is 0 Å². The molecule has 2 aliphatic heterocycles. The number of carbonyl (C=O) groups is 3. The quantitative estimate of drug-likeness (QED) is 0.654. The zero-order valence-corrected chi connectivity index (χ0v) is 13.8. The molecule has 8 nitrogen and oxygen atoms in total. The number of carbonyl (C=O) groups excluding carboxylic acids is 3. The minimum Gasteiger partial charge on any atom is -0.345 e. The molecular formula is C14H25N5O3. The Hall–Kier alpha value is -1.99. The number of amides is 5. The maximum absolute atomic E-state index is 12.3. The highest BCUT2D eigenvalue weighted by molar-refractivity contribution is 5.80. The van der Waals surface area contributed by atoms with Gasteiger partial charge in [0.2, 0.25) is 5.91 Å². The van der Waals surface area contributed by atoms with Gasteiger partial charge in [0.25, 0.3) is 0 Å². The summed E-state index contributed by atoms with van der Waals surface area (Å²) in [6, 6.07) is -0.249. The van der Waals surface area contributed by atoms with Crippen molar-refractivity contribution >= 4 is 18.0 Å². The van der Waals surface area contributed by atoms with Gasteiger partial charge in [-0.2, -0.15) is 0 Å². The van der Waals surface area contributed by atoms with Gasteiger partial charge < -0.3 is 24.9 Å². The molecule has 1 spiro atoms. The van der Waals surface area contributed by atoms with Gasteiger partial charge in [-0.05, 0) is 0 Å². The SMILES string of the molecule is CNC(=O)N1CCN(C(=O)N(C)C)C[C@@]2(CC(=O)N(C)C2)C1. The van der Waals surface area contributed by atoms with E-state index in [9.17, 15) is 14.4 Å². The number of urea groups is 2. The minimum absolute atomic E-state index is 0.0657. The third-order valence-electron chi connectivity index (χ3n) is 4.37. The average Bonchev–Trinajstić information content (AvgIpc) is 2.63. The van der Waals surface area contributed by atoms with Crippen LogP contribution in [0.25, 0.3) is 0 Å². The summed E-state index contributed by atoms with van der Waals surface area (Å²) in [5.74, 6) is 0.0657. The van der Waals surface area contributed by atoms with Crippen molar-refractivity contribution in [1.29, 1.82) is 0 Å². The summed E-state index contributed by atoms with van der Waals surface area (Å²) >= 11 is 0. The Kier molecular flexibility index (Phi) is 4.48. The molecule has 0 aromatic heterocycles. The largest absolute Gasteiger partial charge is 0.345 e.